The Kier molecular flexibility index (Phi) is 2.42. The van der Waals surface area contributed by atoms with Crippen LogP contribution in [0, 0.1) is 16.2 Å². The average Bonchev–Trinajstić information content (AvgIpc) is 2.93. The number of hydrogen-bond donors (Lipinski definition) is 1. The monoisotopic (exact) mass is 303 g/mol. The number of piperidine rings is 1. The SMILES string of the molecule is CC12CC3(C)CC(C)(C1)C1OC2OC3N1CCc1cnc[nH]1. The summed E-state index contributed by atoms with van der Waals surface area (Å²) < 4.78 is 12.8. The van der Waals surface area contributed by atoms with E-state index in [2.05, 4.69) is 35.6 Å². The van der Waals surface area contributed by atoms with E-state index in [0.29, 0.717) is 0 Å². The number of aromatic nitrogens is 2. The first kappa shape index (κ1) is 13.5. The van der Waals surface area contributed by atoms with Crippen LogP contribution >= 0.6 is 0 Å². The normalized spacial score (nSPS) is 52.6. The Balaban J connectivity index is 1.48. The number of aromatic amines is 1. The molecule has 4 unspecified atom stereocenters. The average molecular weight is 303 g/mol. The predicted molar refractivity (Wildman–Crippen MR) is 80.7 cm³/mol. The molecule has 4 saturated heterocycles. The van der Waals surface area contributed by atoms with E-state index < -0.39 is 0 Å². The molecule has 1 saturated carbocycles. The number of nitrogens with zero attached hydrogens (tertiary/aromatic N) is 2. The van der Waals surface area contributed by atoms with Crippen LogP contribution in [0.15, 0.2) is 12.5 Å². The van der Waals surface area contributed by atoms with E-state index in [1.54, 1.807) is 6.33 Å². The van der Waals surface area contributed by atoms with Crippen molar-refractivity contribution in [3.05, 3.63) is 18.2 Å². The van der Waals surface area contributed by atoms with E-state index in [-0.39, 0.29) is 35.0 Å². The van der Waals surface area contributed by atoms with E-state index in [1.807, 2.05) is 6.20 Å². The van der Waals surface area contributed by atoms with E-state index >= 15 is 0 Å². The van der Waals surface area contributed by atoms with Gasteiger partial charge in [-0.05, 0) is 19.3 Å². The van der Waals surface area contributed by atoms with Crippen LogP contribution in [0.1, 0.15) is 45.7 Å². The molecule has 4 aliphatic heterocycles. The Bertz CT molecular complexity index is 567. The molecule has 0 spiro atoms. The van der Waals surface area contributed by atoms with Gasteiger partial charge in [0.15, 0.2) is 6.29 Å². The van der Waals surface area contributed by atoms with Crippen molar-refractivity contribution in [2.75, 3.05) is 6.54 Å². The van der Waals surface area contributed by atoms with E-state index in [4.69, 9.17) is 9.47 Å². The van der Waals surface area contributed by atoms with Gasteiger partial charge in [0.25, 0.3) is 0 Å². The molecular weight excluding hydrogens is 278 g/mol. The van der Waals surface area contributed by atoms with Crippen molar-refractivity contribution < 1.29 is 9.47 Å². The summed E-state index contributed by atoms with van der Waals surface area (Å²) in [5, 5.41) is 0. The second-order valence-corrected chi connectivity index (χ2v) is 8.87. The van der Waals surface area contributed by atoms with Crippen LogP contribution in [0.5, 0.6) is 0 Å². The van der Waals surface area contributed by atoms with Crippen LogP contribution < -0.4 is 0 Å². The van der Waals surface area contributed by atoms with Crippen LogP contribution in [0.3, 0.4) is 0 Å². The molecule has 22 heavy (non-hydrogen) atoms. The van der Waals surface area contributed by atoms with Gasteiger partial charge in [-0.3, -0.25) is 4.90 Å². The molecule has 6 rings (SSSR count). The molecule has 0 amide bonds. The molecule has 1 N–H and O–H groups in total. The molecule has 0 radical (unpaired) electrons. The molecule has 0 aromatic carbocycles. The quantitative estimate of drug-likeness (QED) is 0.932. The van der Waals surface area contributed by atoms with Gasteiger partial charge in [0.2, 0.25) is 0 Å². The van der Waals surface area contributed by atoms with Crippen LogP contribution in [0.2, 0.25) is 0 Å². The summed E-state index contributed by atoms with van der Waals surface area (Å²) in [6, 6.07) is 0. The third-order valence-electron chi connectivity index (χ3n) is 6.49. The van der Waals surface area contributed by atoms with Crippen LogP contribution in [0.25, 0.3) is 0 Å². The van der Waals surface area contributed by atoms with Crippen molar-refractivity contribution in [1.29, 1.82) is 0 Å². The minimum absolute atomic E-state index is 0.00708. The fourth-order valence-corrected chi connectivity index (χ4v) is 6.38. The van der Waals surface area contributed by atoms with Crippen molar-refractivity contribution in [3.8, 4) is 0 Å². The van der Waals surface area contributed by atoms with Gasteiger partial charge in [0.1, 0.15) is 12.5 Å². The smallest absolute Gasteiger partial charge is 0.167 e. The first-order valence-electron chi connectivity index (χ1n) is 8.46. The maximum Gasteiger partial charge on any atom is 0.167 e. The fraction of sp³-hybridized carbons (Fsp3) is 0.824. The van der Waals surface area contributed by atoms with Gasteiger partial charge in [0.05, 0.1) is 6.33 Å². The maximum absolute atomic E-state index is 6.42. The molecule has 1 aliphatic carbocycles. The summed E-state index contributed by atoms with van der Waals surface area (Å²) in [5.74, 6) is 0. The van der Waals surface area contributed by atoms with Gasteiger partial charge in [-0.2, -0.15) is 0 Å². The lowest BCUT2D eigenvalue weighted by atomic mass is 9.48. The van der Waals surface area contributed by atoms with E-state index in [1.165, 1.54) is 25.0 Å². The summed E-state index contributed by atoms with van der Waals surface area (Å²) >= 11 is 0. The first-order valence-corrected chi connectivity index (χ1v) is 8.46. The molecule has 1 aromatic rings. The lowest BCUT2D eigenvalue weighted by molar-refractivity contribution is -0.474. The minimum atomic E-state index is -0.00708. The minimum Gasteiger partial charge on any atom is -0.348 e. The molecule has 6 bridgehead atoms. The zero-order chi connectivity index (χ0) is 15.2. The summed E-state index contributed by atoms with van der Waals surface area (Å²) in [7, 11) is 0. The number of ether oxygens (including phenoxy) is 2. The zero-order valence-corrected chi connectivity index (χ0v) is 13.6. The molecular formula is C17H25N3O2. The van der Waals surface area contributed by atoms with Crippen molar-refractivity contribution >= 4 is 0 Å². The molecule has 5 fully saturated rings. The van der Waals surface area contributed by atoms with Gasteiger partial charge in [0, 0.05) is 41.1 Å². The second kappa shape index (κ2) is 3.94. The summed E-state index contributed by atoms with van der Waals surface area (Å²) in [5.41, 5.74) is 1.89. The van der Waals surface area contributed by atoms with Gasteiger partial charge >= 0.3 is 0 Å². The Labute approximate surface area is 131 Å². The van der Waals surface area contributed by atoms with Crippen molar-refractivity contribution in [2.45, 2.75) is 65.2 Å². The number of rotatable bonds is 3. The Morgan fingerprint density at radius 3 is 2.36 bits per heavy atom. The Morgan fingerprint density at radius 1 is 1.14 bits per heavy atom. The number of hydrogen-bond acceptors (Lipinski definition) is 4. The van der Waals surface area contributed by atoms with E-state index in [0.717, 1.165) is 13.0 Å². The van der Waals surface area contributed by atoms with Gasteiger partial charge in [-0.1, -0.05) is 20.8 Å². The summed E-state index contributed by atoms with van der Waals surface area (Å²) in [6.45, 7) is 8.18. The molecule has 1 aromatic heterocycles. The van der Waals surface area contributed by atoms with Gasteiger partial charge in [-0.15, -0.1) is 0 Å². The predicted octanol–water partition coefficient (Wildman–Crippen LogP) is 2.51. The molecule has 5 aliphatic rings. The highest BCUT2D eigenvalue weighted by Crippen LogP contribution is 2.69. The highest BCUT2D eigenvalue weighted by Gasteiger charge is 2.71. The lowest BCUT2D eigenvalue weighted by Gasteiger charge is -2.74. The molecule has 4 atom stereocenters. The fourth-order valence-electron chi connectivity index (χ4n) is 6.38. The van der Waals surface area contributed by atoms with Crippen molar-refractivity contribution in [1.82, 2.24) is 14.9 Å². The molecule has 5 nitrogen and oxygen atoms in total. The topological polar surface area (TPSA) is 50.4 Å². The maximum atomic E-state index is 6.42. The highest BCUT2D eigenvalue weighted by atomic mass is 16.7. The largest absolute Gasteiger partial charge is 0.348 e. The summed E-state index contributed by atoms with van der Waals surface area (Å²) in [4.78, 5) is 9.81. The highest BCUT2D eigenvalue weighted by molar-refractivity contribution is 5.15. The van der Waals surface area contributed by atoms with Gasteiger partial charge < -0.3 is 14.5 Å². The number of imidazole rings is 1. The standard InChI is InChI=1S/C17H25N3O2/c1-15-7-16(2)9-17(3,8-15)14-21-12(15)20(13(16)22-14)5-4-11-6-18-10-19-11/h6,10,12-14H,4-5,7-9H2,1-3H3,(H,18,19). The Morgan fingerprint density at radius 2 is 1.77 bits per heavy atom. The lowest BCUT2D eigenvalue weighted by Crippen LogP contribution is -2.78. The zero-order valence-electron chi connectivity index (χ0n) is 13.6. The molecule has 5 heterocycles. The van der Waals surface area contributed by atoms with E-state index in [9.17, 15) is 0 Å². The van der Waals surface area contributed by atoms with Crippen LogP contribution in [-0.4, -0.2) is 40.2 Å². The number of H-pyrrole nitrogens is 1. The third kappa shape index (κ3) is 1.57. The third-order valence-corrected chi connectivity index (χ3v) is 6.49. The second-order valence-electron chi connectivity index (χ2n) is 8.87. The van der Waals surface area contributed by atoms with Gasteiger partial charge in [-0.25, -0.2) is 4.98 Å². The van der Waals surface area contributed by atoms with Crippen LogP contribution in [0.4, 0.5) is 0 Å². The van der Waals surface area contributed by atoms with Crippen LogP contribution in [-0.2, 0) is 15.9 Å². The number of nitrogens with one attached hydrogen (secondary N) is 1. The molecule has 120 valence electrons. The van der Waals surface area contributed by atoms with Crippen molar-refractivity contribution in [2.24, 2.45) is 16.2 Å². The molecule has 5 heteroatoms. The summed E-state index contributed by atoms with van der Waals surface area (Å²) in [6.07, 6.45) is 8.70. The first-order chi connectivity index (χ1) is 10.4. The Hall–Kier alpha value is -0.910. The van der Waals surface area contributed by atoms with Crippen molar-refractivity contribution in [3.63, 3.8) is 0 Å².